The van der Waals surface area contributed by atoms with Gasteiger partial charge in [0.25, 0.3) is 11.5 Å². The summed E-state index contributed by atoms with van der Waals surface area (Å²) >= 11 is 1.42. The van der Waals surface area contributed by atoms with E-state index < -0.39 is 0 Å². The number of fused-ring (bicyclic) bond motifs is 2. The highest BCUT2D eigenvalue weighted by atomic mass is 32.1. The van der Waals surface area contributed by atoms with Gasteiger partial charge in [0.1, 0.15) is 11.5 Å². The number of H-pyrrole nitrogens is 1. The van der Waals surface area contributed by atoms with Crippen molar-refractivity contribution < 1.29 is 4.79 Å². The Morgan fingerprint density at radius 3 is 3.04 bits per heavy atom. The number of nitrogens with one attached hydrogen (secondary N) is 1. The van der Waals surface area contributed by atoms with Crippen LogP contribution in [0.1, 0.15) is 41.0 Å². The molecule has 8 heteroatoms. The lowest BCUT2D eigenvalue weighted by atomic mass is 9.77. The van der Waals surface area contributed by atoms with E-state index in [0.29, 0.717) is 31.0 Å². The number of aromatic amines is 1. The number of thiazole rings is 1. The van der Waals surface area contributed by atoms with Gasteiger partial charge in [-0.15, -0.1) is 11.3 Å². The largest absolute Gasteiger partial charge is 0.336 e. The van der Waals surface area contributed by atoms with Gasteiger partial charge in [-0.3, -0.25) is 14.6 Å². The molecule has 0 radical (unpaired) electrons. The summed E-state index contributed by atoms with van der Waals surface area (Å²) in [6, 6.07) is 3.71. The van der Waals surface area contributed by atoms with Gasteiger partial charge < -0.3 is 9.88 Å². The van der Waals surface area contributed by atoms with E-state index in [-0.39, 0.29) is 16.9 Å². The molecule has 28 heavy (non-hydrogen) atoms. The van der Waals surface area contributed by atoms with E-state index in [0.717, 1.165) is 36.1 Å². The summed E-state index contributed by atoms with van der Waals surface area (Å²) in [6.07, 6.45) is 6.76. The molecule has 7 nitrogen and oxygen atoms in total. The Kier molecular flexibility index (Phi) is 4.08. The van der Waals surface area contributed by atoms with Crippen LogP contribution in [-0.2, 0) is 11.8 Å². The molecular formula is C20H19N5O2S. The van der Waals surface area contributed by atoms with Crippen LogP contribution in [0.4, 0.5) is 0 Å². The number of carbonyl (C=O) groups is 1. The third-order valence-electron chi connectivity index (χ3n) is 5.82. The SMILES string of the molecule is O=C(c1cscn1)N1CCCC2(CCc3c2nc(-c2cccnc2)[nH]c3=O)C1. The first-order valence-electron chi connectivity index (χ1n) is 9.38. The maximum Gasteiger partial charge on any atom is 0.273 e. The van der Waals surface area contributed by atoms with E-state index in [1.165, 1.54) is 11.3 Å². The predicted octanol–water partition coefficient (Wildman–Crippen LogP) is 2.41. The second kappa shape index (κ2) is 6.63. The van der Waals surface area contributed by atoms with Crippen molar-refractivity contribution in [1.29, 1.82) is 0 Å². The standard InChI is InChI=1S/C20H19N5O2S/c26-18-14-4-6-20(16(14)23-17(24-18)13-3-1-7-21-9-13)5-2-8-25(11-20)19(27)15-10-28-12-22-15/h1,3,7,9-10,12H,2,4-6,8,11H2,(H,23,24,26). The van der Waals surface area contributed by atoms with Crippen molar-refractivity contribution in [2.45, 2.75) is 31.1 Å². The van der Waals surface area contributed by atoms with Crippen LogP contribution in [0, 0.1) is 0 Å². The number of nitrogens with zero attached hydrogens (tertiary/aromatic N) is 4. The summed E-state index contributed by atoms with van der Waals surface area (Å²) in [4.78, 5) is 43.5. The van der Waals surface area contributed by atoms with Crippen LogP contribution in [-0.4, -0.2) is 43.8 Å². The molecule has 5 rings (SSSR count). The molecule has 1 amide bonds. The van der Waals surface area contributed by atoms with Crippen LogP contribution < -0.4 is 5.56 Å². The molecule has 1 spiro atoms. The molecule has 0 bridgehead atoms. The Bertz CT molecular complexity index is 1080. The third kappa shape index (κ3) is 2.75. The summed E-state index contributed by atoms with van der Waals surface area (Å²) in [7, 11) is 0. The van der Waals surface area contributed by atoms with Crippen molar-refractivity contribution in [2.24, 2.45) is 0 Å². The minimum Gasteiger partial charge on any atom is -0.336 e. The van der Waals surface area contributed by atoms with Gasteiger partial charge in [-0.1, -0.05) is 0 Å². The topological polar surface area (TPSA) is 91.8 Å². The van der Waals surface area contributed by atoms with Crippen LogP contribution in [0.15, 0.2) is 40.2 Å². The van der Waals surface area contributed by atoms with E-state index in [4.69, 9.17) is 4.98 Å². The van der Waals surface area contributed by atoms with Crippen molar-refractivity contribution in [2.75, 3.05) is 13.1 Å². The summed E-state index contributed by atoms with van der Waals surface area (Å²) < 4.78 is 0. The second-order valence-electron chi connectivity index (χ2n) is 7.47. The molecule has 1 aliphatic heterocycles. The van der Waals surface area contributed by atoms with E-state index in [2.05, 4.69) is 15.0 Å². The van der Waals surface area contributed by atoms with E-state index in [1.807, 2.05) is 17.0 Å². The van der Waals surface area contributed by atoms with E-state index in [1.54, 1.807) is 23.3 Å². The Balaban J connectivity index is 1.54. The highest BCUT2D eigenvalue weighted by Gasteiger charge is 2.46. The number of likely N-dealkylation sites (tertiary alicyclic amines) is 1. The summed E-state index contributed by atoms with van der Waals surface area (Å²) in [5, 5.41) is 1.79. The van der Waals surface area contributed by atoms with Gasteiger partial charge in [-0.2, -0.15) is 0 Å². The van der Waals surface area contributed by atoms with Crippen molar-refractivity contribution in [3.8, 4) is 11.4 Å². The molecule has 1 atom stereocenters. The molecule has 0 saturated carbocycles. The molecule has 0 aromatic carbocycles. The van der Waals surface area contributed by atoms with Crippen LogP contribution in [0.25, 0.3) is 11.4 Å². The number of piperidine rings is 1. The fourth-order valence-electron chi connectivity index (χ4n) is 4.47. The lowest BCUT2D eigenvalue weighted by Gasteiger charge is -2.40. The van der Waals surface area contributed by atoms with Gasteiger partial charge in [-0.05, 0) is 37.8 Å². The zero-order valence-corrected chi connectivity index (χ0v) is 16.0. The molecule has 142 valence electrons. The lowest BCUT2D eigenvalue weighted by molar-refractivity contribution is 0.0628. The van der Waals surface area contributed by atoms with Crippen molar-refractivity contribution in [3.05, 3.63) is 62.7 Å². The van der Waals surface area contributed by atoms with E-state index in [9.17, 15) is 9.59 Å². The van der Waals surface area contributed by atoms with Crippen LogP contribution in [0.3, 0.4) is 0 Å². The normalized spacial score (nSPS) is 21.1. The zero-order valence-electron chi connectivity index (χ0n) is 15.2. The Morgan fingerprint density at radius 2 is 2.25 bits per heavy atom. The van der Waals surface area contributed by atoms with Crippen molar-refractivity contribution in [3.63, 3.8) is 0 Å². The minimum atomic E-state index is -0.259. The van der Waals surface area contributed by atoms with Crippen LogP contribution >= 0.6 is 11.3 Å². The fourth-order valence-corrected chi connectivity index (χ4v) is 5.00. The average Bonchev–Trinajstić information content (AvgIpc) is 3.38. The zero-order chi connectivity index (χ0) is 19.1. The van der Waals surface area contributed by atoms with Gasteiger partial charge in [-0.25, -0.2) is 9.97 Å². The summed E-state index contributed by atoms with van der Waals surface area (Å²) in [5.74, 6) is 0.507. The molecule has 1 saturated heterocycles. The van der Waals surface area contributed by atoms with Crippen molar-refractivity contribution in [1.82, 2.24) is 24.8 Å². The lowest BCUT2D eigenvalue weighted by Crippen LogP contribution is -2.48. The first-order chi connectivity index (χ1) is 13.7. The third-order valence-corrected chi connectivity index (χ3v) is 6.41. The Hall–Kier alpha value is -2.87. The number of hydrogen-bond acceptors (Lipinski definition) is 6. The number of aromatic nitrogens is 4. The number of rotatable bonds is 2. The Morgan fingerprint density at radius 1 is 1.32 bits per heavy atom. The second-order valence-corrected chi connectivity index (χ2v) is 8.19. The molecule has 1 aliphatic carbocycles. The minimum absolute atomic E-state index is 0.0360. The smallest absolute Gasteiger partial charge is 0.273 e. The summed E-state index contributed by atoms with van der Waals surface area (Å²) in [6.45, 7) is 1.30. The molecule has 1 unspecified atom stereocenters. The highest BCUT2D eigenvalue weighted by molar-refractivity contribution is 7.07. The number of hydrogen-bond donors (Lipinski definition) is 1. The first-order valence-corrected chi connectivity index (χ1v) is 10.3. The average molecular weight is 393 g/mol. The molecule has 1 fully saturated rings. The summed E-state index contributed by atoms with van der Waals surface area (Å²) in [5.41, 5.74) is 4.24. The number of carbonyl (C=O) groups excluding carboxylic acids is 1. The van der Waals surface area contributed by atoms with Crippen molar-refractivity contribution >= 4 is 17.2 Å². The van der Waals surface area contributed by atoms with Crippen LogP contribution in [0.2, 0.25) is 0 Å². The fraction of sp³-hybridized carbons (Fsp3) is 0.350. The molecule has 4 heterocycles. The Labute approximate surface area is 165 Å². The number of amides is 1. The first kappa shape index (κ1) is 17.2. The highest BCUT2D eigenvalue weighted by Crippen LogP contribution is 2.43. The molecular weight excluding hydrogens is 374 g/mol. The number of pyridine rings is 1. The van der Waals surface area contributed by atoms with Gasteiger partial charge in [0, 0.05) is 47.4 Å². The van der Waals surface area contributed by atoms with Gasteiger partial charge in [0.2, 0.25) is 0 Å². The monoisotopic (exact) mass is 393 g/mol. The maximum atomic E-state index is 12.8. The quantitative estimate of drug-likeness (QED) is 0.722. The molecule has 3 aromatic heterocycles. The molecule has 2 aliphatic rings. The molecule has 3 aromatic rings. The predicted molar refractivity (Wildman–Crippen MR) is 105 cm³/mol. The molecule has 1 N–H and O–H groups in total. The van der Waals surface area contributed by atoms with E-state index >= 15 is 0 Å². The van der Waals surface area contributed by atoms with Gasteiger partial charge in [0.05, 0.1) is 11.2 Å². The maximum absolute atomic E-state index is 12.8. The van der Waals surface area contributed by atoms with Gasteiger partial charge >= 0.3 is 0 Å². The van der Waals surface area contributed by atoms with Crippen LogP contribution in [0.5, 0.6) is 0 Å². The van der Waals surface area contributed by atoms with Gasteiger partial charge in [0.15, 0.2) is 0 Å².